The Morgan fingerprint density at radius 2 is 2.11 bits per heavy atom. The Labute approximate surface area is 113 Å². The van der Waals surface area contributed by atoms with Crippen molar-refractivity contribution in [3.8, 4) is 0 Å². The summed E-state index contributed by atoms with van der Waals surface area (Å²) in [5.74, 6) is -0.421. The molecule has 0 spiro atoms. The van der Waals surface area contributed by atoms with Gasteiger partial charge in [0.1, 0.15) is 5.82 Å². The van der Waals surface area contributed by atoms with Gasteiger partial charge in [0.05, 0.1) is 5.56 Å². The molecule has 0 atom stereocenters. The summed E-state index contributed by atoms with van der Waals surface area (Å²) in [6, 6.07) is 1.61. The summed E-state index contributed by atoms with van der Waals surface area (Å²) in [6.07, 6.45) is 3.20. The molecule has 0 bridgehead atoms. The van der Waals surface area contributed by atoms with E-state index in [2.05, 4.69) is 26.2 Å². The van der Waals surface area contributed by atoms with Crippen molar-refractivity contribution in [2.24, 2.45) is 5.73 Å². The first-order chi connectivity index (χ1) is 8.50. The van der Waals surface area contributed by atoms with Crippen molar-refractivity contribution in [2.45, 2.75) is 19.3 Å². The van der Waals surface area contributed by atoms with Crippen LogP contribution < -0.4 is 16.8 Å². The van der Waals surface area contributed by atoms with Gasteiger partial charge in [-0.15, -0.1) is 0 Å². The number of rotatable bonds is 6. The minimum atomic E-state index is -0.332. The van der Waals surface area contributed by atoms with Crippen LogP contribution in [0.15, 0.2) is 16.7 Å². The average Bonchev–Trinajstić information content (AvgIpc) is 2.31. The molecule has 0 saturated heterocycles. The molecule has 0 unspecified atom stereocenters. The maximum absolute atomic E-state index is 11.8. The SMILES string of the molecule is NC(=O)CCCCNC(=O)c1cc(Br)cnc1N. The maximum atomic E-state index is 11.8. The van der Waals surface area contributed by atoms with Crippen molar-refractivity contribution in [3.05, 3.63) is 22.3 Å². The number of halogens is 1. The maximum Gasteiger partial charge on any atom is 0.255 e. The van der Waals surface area contributed by atoms with Gasteiger partial charge < -0.3 is 16.8 Å². The molecule has 18 heavy (non-hydrogen) atoms. The third-order valence-electron chi connectivity index (χ3n) is 2.27. The van der Waals surface area contributed by atoms with E-state index in [1.54, 1.807) is 6.07 Å². The second kappa shape index (κ2) is 6.95. The fraction of sp³-hybridized carbons (Fsp3) is 0.364. The second-order valence-corrected chi connectivity index (χ2v) is 4.68. The van der Waals surface area contributed by atoms with E-state index in [4.69, 9.17) is 11.5 Å². The van der Waals surface area contributed by atoms with E-state index in [1.807, 2.05) is 0 Å². The number of unbranched alkanes of at least 4 members (excludes halogenated alkanes) is 1. The van der Waals surface area contributed by atoms with Crippen LogP contribution in [-0.4, -0.2) is 23.3 Å². The van der Waals surface area contributed by atoms with Crippen LogP contribution in [0.5, 0.6) is 0 Å². The van der Waals surface area contributed by atoms with Gasteiger partial charge in [0.25, 0.3) is 5.91 Å². The number of aromatic nitrogens is 1. The lowest BCUT2D eigenvalue weighted by Crippen LogP contribution is -2.26. The van der Waals surface area contributed by atoms with Crippen molar-refractivity contribution < 1.29 is 9.59 Å². The van der Waals surface area contributed by atoms with Gasteiger partial charge in [0, 0.05) is 23.6 Å². The second-order valence-electron chi connectivity index (χ2n) is 3.77. The molecular formula is C11H15BrN4O2. The van der Waals surface area contributed by atoms with Crippen LogP contribution in [0.25, 0.3) is 0 Å². The minimum absolute atomic E-state index is 0.188. The number of amides is 2. The number of primary amides is 1. The lowest BCUT2D eigenvalue weighted by Gasteiger charge is -2.06. The van der Waals surface area contributed by atoms with Crippen LogP contribution in [0.1, 0.15) is 29.6 Å². The van der Waals surface area contributed by atoms with Crippen LogP contribution in [0, 0.1) is 0 Å². The molecule has 0 aliphatic rings. The molecule has 5 N–H and O–H groups in total. The quantitative estimate of drug-likeness (QED) is 0.675. The number of nitrogens with two attached hydrogens (primary N) is 2. The van der Waals surface area contributed by atoms with Crippen LogP contribution >= 0.6 is 15.9 Å². The molecule has 7 heteroatoms. The number of hydrogen-bond donors (Lipinski definition) is 3. The summed E-state index contributed by atoms with van der Waals surface area (Å²) in [4.78, 5) is 26.2. The summed E-state index contributed by atoms with van der Waals surface area (Å²) in [5.41, 5.74) is 10.9. The van der Waals surface area contributed by atoms with Gasteiger partial charge >= 0.3 is 0 Å². The third-order valence-corrected chi connectivity index (χ3v) is 2.70. The molecule has 6 nitrogen and oxygen atoms in total. The number of nitrogen functional groups attached to an aromatic ring is 1. The number of anilines is 1. The summed E-state index contributed by atoms with van der Waals surface area (Å²) in [5, 5.41) is 2.71. The van der Waals surface area contributed by atoms with E-state index < -0.39 is 0 Å². The van der Waals surface area contributed by atoms with Gasteiger partial charge in [0.2, 0.25) is 5.91 Å². The fourth-order valence-electron chi connectivity index (χ4n) is 1.35. The van der Waals surface area contributed by atoms with Crippen LogP contribution in [0.2, 0.25) is 0 Å². The van der Waals surface area contributed by atoms with Crippen LogP contribution in [-0.2, 0) is 4.79 Å². The number of carbonyl (C=O) groups excluding carboxylic acids is 2. The van der Waals surface area contributed by atoms with Gasteiger partial charge in [-0.2, -0.15) is 0 Å². The summed E-state index contributed by atoms with van der Waals surface area (Å²) >= 11 is 3.22. The lowest BCUT2D eigenvalue weighted by molar-refractivity contribution is -0.118. The number of carbonyl (C=O) groups is 2. The molecule has 0 aromatic carbocycles. The Morgan fingerprint density at radius 3 is 2.78 bits per heavy atom. The zero-order valence-electron chi connectivity index (χ0n) is 9.78. The summed E-state index contributed by atoms with van der Waals surface area (Å²) in [6.45, 7) is 0.470. The summed E-state index contributed by atoms with van der Waals surface area (Å²) in [7, 11) is 0. The first-order valence-corrected chi connectivity index (χ1v) is 6.27. The largest absolute Gasteiger partial charge is 0.383 e. The van der Waals surface area contributed by atoms with E-state index >= 15 is 0 Å². The average molecular weight is 315 g/mol. The van der Waals surface area contributed by atoms with E-state index in [9.17, 15) is 9.59 Å². The fourth-order valence-corrected chi connectivity index (χ4v) is 1.68. The van der Waals surface area contributed by atoms with Gasteiger partial charge in [0.15, 0.2) is 0 Å². The van der Waals surface area contributed by atoms with E-state index in [1.165, 1.54) is 6.20 Å². The van der Waals surface area contributed by atoms with Crippen LogP contribution in [0.4, 0.5) is 5.82 Å². The molecule has 1 heterocycles. The Hall–Kier alpha value is -1.63. The molecular weight excluding hydrogens is 300 g/mol. The van der Waals surface area contributed by atoms with Gasteiger partial charge in [-0.25, -0.2) is 4.98 Å². The highest BCUT2D eigenvalue weighted by molar-refractivity contribution is 9.10. The molecule has 0 fully saturated rings. The Bertz CT molecular complexity index is 451. The molecule has 1 rings (SSSR count). The van der Waals surface area contributed by atoms with Crippen molar-refractivity contribution in [1.29, 1.82) is 0 Å². The molecule has 98 valence electrons. The summed E-state index contributed by atoms with van der Waals surface area (Å²) < 4.78 is 0.690. The topological polar surface area (TPSA) is 111 Å². The van der Waals surface area contributed by atoms with Crippen molar-refractivity contribution >= 4 is 33.6 Å². The molecule has 0 radical (unpaired) electrons. The number of pyridine rings is 1. The van der Waals surface area contributed by atoms with Gasteiger partial charge in [-0.3, -0.25) is 9.59 Å². The zero-order chi connectivity index (χ0) is 13.5. The molecule has 1 aromatic rings. The Morgan fingerprint density at radius 1 is 1.39 bits per heavy atom. The minimum Gasteiger partial charge on any atom is -0.383 e. The highest BCUT2D eigenvalue weighted by atomic mass is 79.9. The van der Waals surface area contributed by atoms with E-state index in [-0.39, 0.29) is 17.6 Å². The first kappa shape index (κ1) is 14.4. The Balaban J connectivity index is 2.41. The number of nitrogens with zero attached hydrogens (tertiary/aromatic N) is 1. The smallest absolute Gasteiger partial charge is 0.255 e. The molecule has 1 aromatic heterocycles. The number of nitrogens with one attached hydrogen (secondary N) is 1. The zero-order valence-corrected chi connectivity index (χ0v) is 11.4. The van der Waals surface area contributed by atoms with Crippen molar-refractivity contribution in [3.63, 3.8) is 0 Å². The predicted molar refractivity (Wildman–Crippen MR) is 71.7 cm³/mol. The standard InChI is InChI=1S/C11H15BrN4O2/c12-7-5-8(10(14)16-6-7)11(18)15-4-2-1-3-9(13)17/h5-6H,1-4H2,(H2,13,17)(H2,14,16)(H,15,18). The van der Waals surface area contributed by atoms with Crippen molar-refractivity contribution in [2.75, 3.05) is 12.3 Å². The monoisotopic (exact) mass is 314 g/mol. The van der Waals surface area contributed by atoms with Crippen LogP contribution in [0.3, 0.4) is 0 Å². The van der Waals surface area contributed by atoms with Crippen molar-refractivity contribution in [1.82, 2.24) is 10.3 Å². The van der Waals surface area contributed by atoms with Gasteiger partial charge in [-0.05, 0) is 34.8 Å². The normalized spacial score (nSPS) is 10.1. The predicted octanol–water partition coefficient (Wildman–Crippen LogP) is 0.812. The number of hydrogen-bond acceptors (Lipinski definition) is 4. The first-order valence-electron chi connectivity index (χ1n) is 5.48. The highest BCUT2D eigenvalue weighted by Crippen LogP contribution is 2.15. The van der Waals surface area contributed by atoms with Gasteiger partial charge in [-0.1, -0.05) is 0 Å². The molecule has 0 aliphatic heterocycles. The van der Waals surface area contributed by atoms with E-state index in [0.29, 0.717) is 35.8 Å². The Kier molecular flexibility index (Phi) is 5.57. The molecule has 0 saturated carbocycles. The van der Waals surface area contributed by atoms with E-state index in [0.717, 1.165) is 0 Å². The molecule has 0 aliphatic carbocycles. The highest BCUT2D eigenvalue weighted by Gasteiger charge is 2.10. The lowest BCUT2D eigenvalue weighted by atomic mass is 10.2. The molecule has 2 amide bonds. The third kappa shape index (κ3) is 4.70.